The van der Waals surface area contributed by atoms with Gasteiger partial charge in [-0.1, -0.05) is 51.1 Å². The Morgan fingerprint density at radius 1 is 0.955 bits per heavy atom. The molecule has 2 N–H and O–H groups in total. The molecule has 0 aliphatic carbocycles. The van der Waals surface area contributed by atoms with Gasteiger partial charge in [0.2, 0.25) is 5.91 Å². The van der Waals surface area contributed by atoms with Crippen molar-refractivity contribution in [1.82, 2.24) is 29.8 Å². The summed E-state index contributed by atoms with van der Waals surface area (Å²) < 4.78 is 7.55. The van der Waals surface area contributed by atoms with Gasteiger partial charge in [0.1, 0.15) is 17.3 Å². The standard InChI is InChI=1S/C34H46N6O4/c1-21(2)35-31(42)40-19-24(25-20-38-17-12-15-23(29(38)36-25)22-13-10-9-11-14-22)27-26(40)16-18-39(27)30(41)28(33(3,4)5)37-32(43)44-34(6,7)8/h9-15,17,20-21,24,26-28H,16,18-19H2,1-8H3,(H,35,42)(H,37,43)/t24-,26-,27-,28-/m1/s1. The Labute approximate surface area is 260 Å². The Balaban J connectivity index is 1.52. The van der Waals surface area contributed by atoms with Crippen molar-refractivity contribution in [2.24, 2.45) is 5.41 Å². The van der Waals surface area contributed by atoms with Crippen LogP contribution in [0.3, 0.4) is 0 Å². The van der Waals surface area contributed by atoms with Gasteiger partial charge in [0.15, 0.2) is 0 Å². The SMILES string of the molecule is CC(C)NC(=O)N1C[C@H](c2cn3cccc(-c4ccccc4)c3n2)[C@@H]2[C@H]1CCN2C(=O)[C@@H](NC(=O)OC(C)(C)C)C(C)(C)C. The highest BCUT2D eigenvalue weighted by molar-refractivity contribution is 5.87. The zero-order chi connectivity index (χ0) is 32.0. The zero-order valence-corrected chi connectivity index (χ0v) is 27.1. The van der Waals surface area contributed by atoms with E-state index in [1.54, 1.807) is 20.8 Å². The molecule has 0 saturated carbocycles. The average Bonchev–Trinajstić information content (AvgIpc) is 3.63. The van der Waals surface area contributed by atoms with Gasteiger partial charge in [-0.2, -0.15) is 0 Å². The molecule has 0 radical (unpaired) electrons. The number of imidazole rings is 1. The molecule has 1 aromatic carbocycles. The fourth-order valence-corrected chi connectivity index (χ4v) is 6.46. The minimum absolute atomic E-state index is 0.0222. The molecule has 2 aromatic heterocycles. The highest BCUT2D eigenvalue weighted by Crippen LogP contribution is 2.42. The summed E-state index contributed by atoms with van der Waals surface area (Å²) in [4.78, 5) is 49.6. The largest absolute Gasteiger partial charge is 0.444 e. The monoisotopic (exact) mass is 602 g/mol. The number of fused-ring (bicyclic) bond motifs is 2. The summed E-state index contributed by atoms with van der Waals surface area (Å²) in [6.45, 7) is 16.0. The van der Waals surface area contributed by atoms with Gasteiger partial charge in [0, 0.05) is 43.0 Å². The van der Waals surface area contributed by atoms with Gasteiger partial charge < -0.3 is 29.6 Å². The highest BCUT2D eigenvalue weighted by atomic mass is 16.6. The van der Waals surface area contributed by atoms with Crippen LogP contribution in [0.15, 0.2) is 54.9 Å². The van der Waals surface area contributed by atoms with Crippen LogP contribution in [0.4, 0.5) is 9.59 Å². The van der Waals surface area contributed by atoms with Crippen LogP contribution in [0.5, 0.6) is 0 Å². The molecule has 10 heteroatoms. The Bertz CT molecular complexity index is 1520. The number of carbonyl (C=O) groups excluding carboxylic acids is 3. The number of hydrogen-bond donors (Lipinski definition) is 2. The molecule has 236 valence electrons. The van der Waals surface area contributed by atoms with Crippen molar-refractivity contribution in [3.8, 4) is 11.1 Å². The van der Waals surface area contributed by atoms with E-state index in [0.29, 0.717) is 19.5 Å². The van der Waals surface area contributed by atoms with Gasteiger partial charge >= 0.3 is 12.1 Å². The number of aromatic nitrogens is 2. The summed E-state index contributed by atoms with van der Waals surface area (Å²) in [7, 11) is 0. The highest BCUT2D eigenvalue weighted by Gasteiger charge is 2.54. The molecule has 2 fully saturated rings. The van der Waals surface area contributed by atoms with E-state index >= 15 is 0 Å². The van der Waals surface area contributed by atoms with Gasteiger partial charge in [-0.3, -0.25) is 4.79 Å². The minimum Gasteiger partial charge on any atom is -0.444 e. The summed E-state index contributed by atoms with van der Waals surface area (Å²) in [5.41, 5.74) is 2.45. The van der Waals surface area contributed by atoms with E-state index in [4.69, 9.17) is 9.72 Å². The zero-order valence-electron chi connectivity index (χ0n) is 27.1. The Morgan fingerprint density at radius 2 is 1.66 bits per heavy atom. The van der Waals surface area contributed by atoms with Crippen LogP contribution < -0.4 is 10.6 Å². The lowest BCUT2D eigenvalue weighted by atomic mass is 9.85. The number of nitrogens with one attached hydrogen (secondary N) is 2. The topological polar surface area (TPSA) is 108 Å². The van der Waals surface area contributed by atoms with Crippen molar-refractivity contribution in [2.75, 3.05) is 13.1 Å². The van der Waals surface area contributed by atoms with E-state index in [9.17, 15) is 14.4 Å². The van der Waals surface area contributed by atoms with Crippen molar-refractivity contribution in [2.45, 2.75) is 97.5 Å². The predicted octanol–water partition coefficient (Wildman–Crippen LogP) is 5.43. The van der Waals surface area contributed by atoms with Crippen molar-refractivity contribution >= 4 is 23.7 Å². The van der Waals surface area contributed by atoms with Crippen LogP contribution >= 0.6 is 0 Å². The smallest absolute Gasteiger partial charge is 0.408 e. The first-order chi connectivity index (χ1) is 20.6. The maximum atomic E-state index is 14.4. The third kappa shape index (κ3) is 6.39. The van der Waals surface area contributed by atoms with Crippen LogP contribution in [-0.4, -0.2) is 80.1 Å². The lowest BCUT2D eigenvalue weighted by Gasteiger charge is -2.37. The Kier molecular flexibility index (Phi) is 8.39. The number of hydrogen-bond acceptors (Lipinski definition) is 5. The molecule has 2 saturated heterocycles. The molecule has 10 nitrogen and oxygen atoms in total. The molecule has 0 spiro atoms. The quantitative estimate of drug-likeness (QED) is 0.405. The number of carbonyl (C=O) groups is 3. The summed E-state index contributed by atoms with van der Waals surface area (Å²) >= 11 is 0. The molecule has 2 aliphatic heterocycles. The van der Waals surface area contributed by atoms with Crippen molar-refractivity contribution in [3.63, 3.8) is 0 Å². The Hall–Kier alpha value is -4.08. The molecular weight excluding hydrogens is 556 g/mol. The third-order valence-corrected chi connectivity index (χ3v) is 8.32. The van der Waals surface area contributed by atoms with Crippen LogP contribution in [0.1, 0.15) is 73.4 Å². The molecule has 0 bridgehead atoms. The second-order valence-electron chi connectivity index (χ2n) is 14.4. The maximum absolute atomic E-state index is 14.4. The van der Waals surface area contributed by atoms with Gasteiger partial charge in [-0.25, -0.2) is 14.6 Å². The summed E-state index contributed by atoms with van der Waals surface area (Å²) in [5.74, 6) is -0.393. The van der Waals surface area contributed by atoms with E-state index in [0.717, 1.165) is 22.5 Å². The first-order valence-corrected chi connectivity index (χ1v) is 15.5. The number of benzene rings is 1. The first kappa shape index (κ1) is 31.3. The van der Waals surface area contributed by atoms with Crippen molar-refractivity contribution in [3.05, 3.63) is 60.6 Å². The number of urea groups is 1. The Morgan fingerprint density at radius 3 is 2.30 bits per heavy atom. The van der Waals surface area contributed by atoms with Gasteiger partial charge in [0.25, 0.3) is 0 Å². The van der Waals surface area contributed by atoms with Gasteiger partial charge in [-0.15, -0.1) is 0 Å². The van der Waals surface area contributed by atoms with Crippen molar-refractivity contribution in [1.29, 1.82) is 0 Å². The van der Waals surface area contributed by atoms with E-state index in [1.807, 2.05) is 85.5 Å². The normalized spacial score (nSPS) is 21.0. The van der Waals surface area contributed by atoms with Crippen LogP contribution in [0.2, 0.25) is 0 Å². The molecule has 4 atom stereocenters. The number of alkyl carbamates (subject to hydrolysis) is 1. The van der Waals surface area contributed by atoms with Gasteiger partial charge in [-0.05, 0) is 64.2 Å². The molecular formula is C34H46N6O4. The molecule has 4 amide bonds. The lowest BCUT2D eigenvalue weighted by molar-refractivity contribution is -0.137. The minimum atomic E-state index is -0.818. The number of pyridine rings is 1. The van der Waals surface area contributed by atoms with E-state index in [-0.39, 0.29) is 36.0 Å². The first-order valence-electron chi connectivity index (χ1n) is 15.5. The third-order valence-electron chi connectivity index (χ3n) is 8.32. The second kappa shape index (κ2) is 11.8. The molecule has 44 heavy (non-hydrogen) atoms. The van der Waals surface area contributed by atoms with E-state index in [1.165, 1.54) is 0 Å². The van der Waals surface area contributed by atoms with Crippen molar-refractivity contribution < 1.29 is 19.1 Å². The molecule has 4 heterocycles. The number of amides is 4. The fraction of sp³-hybridized carbons (Fsp3) is 0.529. The number of likely N-dealkylation sites (tertiary alicyclic amines) is 2. The lowest BCUT2D eigenvalue weighted by Crippen LogP contribution is -2.57. The number of nitrogens with zero attached hydrogens (tertiary/aromatic N) is 4. The van der Waals surface area contributed by atoms with Crippen LogP contribution in [0, 0.1) is 5.41 Å². The average molecular weight is 603 g/mol. The molecule has 3 aromatic rings. The molecule has 2 aliphatic rings. The predicted molar refractivity (Wildman–Crippen MR) is 170 cm³/mol. The summed E-state index contributed by atoms with van der Waals surface area (Å²) in [6, 6.07) is 12.7. The maximum Gasteiger partial charge on any atom is 0.408 e. The van der Waals surface area contributed by atoms with E-state index < -0.39 is 23.2 Å². The summed E-state index contributed by atoms with van der Waals surface area (Å²) in [5, 5.41) is 5.92. The summed E-state index contributed by atoms with van der Waals surface area (Å²) in [6.07, 6.45) is 4.02. The second-order valence-corrected chi connectivity index (χ2v) is 14.4. The van der Waals surface area contributed by atoms with E-state index in [2.05, 4.69) is 28.8 Å². The molecule has 5 rings (SSSR count). The van der Waals surface area contributed by atoms with Gasteiger partial charge in [0.05, 0.1) is 17.8 Å². The van der Waals surface area contributed by atoms with Crippen LogP contribution in [-0.2, 0) is 9.53 Å². The number of rotatable bonds is 5. The molecule has 0 unspecified atom stereocenters. The number of ether oxygens (including phenoxy) is 1. The fourth-order valence-electron chi connectivity index (χ4n) is 6.46. The van der Waals surface area contributed by atoms with Crippen LogP contribution in [0.25, 0.3) is 16.8 Å².